The summed E-state index contributed by atoms with van der Waals surface area (Å²) >= 11 is 5.65. The molecule has 0 fully saturated rings. The Hall–Kier alpha value is -1.96. The summed E-state index contributed by atoms with van der Waals surface area (Å²) in [7, 11) is -2.53. The Morgan fingerprint density at radius 3 is 2.52 bits per heavy atom. The Bertz CT molecular complexity index is 764. The highest BCUT2D eigenvalue weighted by atomic mass is 35.5. The van der Waals surface area contributed by atoms with E-state index >= 15 is 0 Å². The van der Waals surface area contributed by atoms with Gasteiger partial charge in [-0.15, -0.1) is 0 Å². The maximum atomic E-state index is 12.2. The monoisotopic (exact) mass is 354 g/mol. The number of carbonyl (C=O) groups is 1. The molecule has 1 amide bonds. The molecule has 0 aliphatic rings. The summed E-state index contributed by atoms with van der Waals surface area (Å²) in [6, 6.07) is 11.6. The van der Waals surface area contributed by atoms with Crippen molar-refractivity contribution in [3.05, 3.63) is 64.9 Å². The zero-order chi connectivity index (χ0) is 16.9. The van der Waals surface area contributed by atoms with Gasteiger partial charge >= 0.3 is 0 Å². The first-order valence-corrected chi connectivity index (χ1v) is 8.67. The number of nitrogens with zero attached hydrogens (tertiary/aromatic N) is 1. The lowest BCUT2D eigenvalue weighted by molar-refractivity contribution is -0.129. The van der Waals surface area contributed by atoms with Crippen LogP contribution >= 0.6 is 11.6 Å². The van der Waals surface area contributed by atoms with E-state index in [9.17, 15) is 13.2 Å². The van der Waals surface area contributed by atoms with E-state index in [1.54, 1.807) is 30.3 Å². The largest absolute Gasteiger partial charge is 0.367 e. The molecule has 122 valence electrons. The minimum absolute atomic E-state index is 0.263. The third kappa shape index (κ3) is 5.02. The van der Waals surface area contributed by atoms with Crippen LogP contribution in [0.4, 0.5) is 0 Å². The summed E-state index contributed by atoms with van der Waals surface area (Å²) in [4.78, 5) is 16.0. The first kappa shape index (κ1) is 17.4. The molecule has 1 aromatic heterocycles. The zero-order valence-electron chi connectivity index (χ0n) is 12.3. The maximum Gasteiger partial charge on any atom is 0.267 e. The van der Waals surface area contributed by atoms with Gasteiger partial charge in [-0.3, -0.25) is 9.52 Å². The third-order valence-electron chi connectivity index (χ3n) is 2.98. The fraction of sp³-hybridized carbons (Fsp3) is 0.200. The standard InChI is InChI=1S/C15H15ClN2O4S/c1-22-14(12-5-3-2-4-6-12)15(19)18-23(20,21)10-11-7-8-13(16)17-9-11/h2-9,14H,10H2,1H3,(H,18,19). The number of halogens is 1. The Balaban J connectivity index is 2.09. The molecule has 1 aromatic carbocycles. The van der Waals surface area contributed by atoms with E-state index < -0.39 is 22.0 Å². The average molecular weight is 355 g/mol. The maximum absolute atomic E-state index is 12.2. The van der Waals surface area contributed by atoms with Gasteiger partial charge in [-0.1, -0.05) is 48.0 Å². The van der Waals surface area contributed by atoms with Crippen molar-refractivity contribution in [1.82, 2.24) is 9.71 Å². The van der Waals surface area contributed by atoms with Crippen molar-refractivity contribution in [3.8, 4) is 0 Å². The summed E-state index contributed by atoms with van der Waals surface area (Å²) < 4.78 is 31.3. The Morgan fingerprint density at radius 2 is 1.96 bits per heavy atom. The Morgan fingerprint density at radius 1 is 1.26 bits per heavy atom. The van der Waals surface area contributed by atoms with Gasteiger partial charge in [0.1, 0.15) is 5.15 Å². The second kappa shape index (κ2) is 7.54. The van der Waals surface area contributed by atoms with Crippen LogP contribution in [0.2, 0.25) is 5.15 Å². The molecule has 0 saturated carbocycles. The van der Waals surface area contributed by atoms with Gasteiger partial charge in [-0.25, -0.2) is 13.4 Å². The molecule has 2 aromatic rings. The van der Waals surface area contributed by atoms with Gasteiger partial charge in [0.2, 0.25) is 10.0 Å². The lowest BCUT2D eigenvalue weighted by Crippen LogP contribution is -2.36. The van der Waals surface area contributed by atoms with Crippen molar-refractivity contribution >= 4 is 27.5 Å². The van der Waals surface area contributed by atoms with E-state index in [1.807, 2.05) is 4.72 Å². The fourth-order valence-corrected chi connectivity index (χ4v) is 3.18. The highest BCUT2D eigenvalue weighted by Crippen LogP contribution is 2.17. The topological polar surface area (TPSA) is 85.4 Å². The molecule has 1 N–H and O–H groups in total. The molecule has 0 bridgehead atoms. The molecule has 0 aliphatic carbocycles. The number of pyridine rings is 1. The number of hydrogen-bond acceptors (Lipinski definition) is 5. The average Bonchev–Trinajstić information content (AvgIpc) is 2.50. The van der Waals surface area contributed by atoms with E-state index in [2.05, 4.69) is 4.98 Å². The van der Waals surface area contributed by atoms with Gasteiger partial charge in [0.05, 0.1) is 5.75 Å². The molecule has 8 heteroatoms. The predicted octanol–water partition coefficient (Wildman–Crippen LogP) is 2.07. The molecule has 6 nitrogen and oxygen atoms in total. The Labute approximate surface area is 139 Å². The number of methoxy groups -OCH3 is 1. The predicted molar refractivity (Wildman–Crippen MR) is 86.2 cm³/mol. The number of amides is 1. The second-order valence-corrected chi connectivity index (χ2v) is 6.85. The van der Waals surface area contributed by atoms with Crippen LogP contribution in [0.25, 0.3) is 0 Å². The number of benzene rings is 1. The van der Waals surface area contributed by atoms with E-state index in [0.29, 0.717) is 11.1 Å². The summed E-state index contributed by atoms with van der Waals surface area (Å²) in [5.41, 5.74) is 0.985. The van der Waals surface area contributed by atoms with Crippen LogP contribution < -0.4 is 4.72 Å². The smallest absolute Gasteiger partial charge is 0.267 e. The quantitative estimate of drug-likeness (QED) is 0.802. The van der Waals surface area contributed by atoms with Crippen molar-refractivity contribution in [1.29, 1.82) is 0 Å². The molecule has 0 spiro atoms. The van der Waals surface area contributed by atoms with Crippen LogP contribution in [0.15, 0.2) is 48.7 Å². The first-order valence-electron chi connectivity index (χ1n) is 6.64. The highest BCUT2D eigenvalue weighted by molar-refractivity contribution is 7.89. The van der Waals surface area contributed by atoms with Gasteiger partial charge in [0.25, 0.3) is 5.91 Å². The molecule has 2 rings (SSSR count). The van der Waals surface area contributed by atoms with Gasteiger partial charge in [-0.05, 0) is 17.2 Å². The number of hydrogen-bond donors (Lipinski definition) is 1. The number of sulfonamides is 1. The molecular formula is C15H15ClN2O4S. The number of carbonyl (C=O) groups excluding carboxylic acids is 1. The summed E-state index contributed by atoms with van der Waals surface area (Å²) in [6.07, 6.45) is 0.339. The minimum atomic E-state index is -3.87. The lowest BCUT2D eigenvalue weighted by Gasteiger charge is -2.15. The molecule has 1 heterocycles. The number of rotatable bonds is 6. The highest BCUT2D eigenvalue weighted by Gasteiger charge is 2.24. The summed E-state index contributed by atoms with van der Waals surface area (Å²) in [6.45, 7) is 0. The van der Waals surface area contributed by atoms with Crippen molar-refractivity contribution in [2.24, 2.45) is 0 Å². The zero-order valence-corrected chi connectivity index (χ0v) is 13.8. The normalized spacial score (nSPS) is 12.6. The second-order valence-electron chi connectivity index (χ2n) is 4.74. The third-order valence-corrected chi connectivity index (χ3v) is 4.43. The molecule has 0 radical (unpaired) electrons. The minimum Gasteiger partial charge on any atom is -0.367 e. The molecular weight excluding hydrogens is 340 g/mol. The van der Waals surface area contributed by atoms with Gasteiger partial charge in [-0.2, -0.15) is 0 Å². The van der Waals surface area contributed by atoms with Gasteiger partial charge in [0.15, 0.2) is 6.10 Å². The molecule has 0 aliphatic heterocycles. The van der Waals surface area contributed by atoms with E-state index in [1.165, 1.54) is 25.4 Å². The number of ether oxygens (including phenoxy) is 1. The molecule has 23 heavy (non-hydrogen) atoms. The van der Waals surface area contributed by atoms with Crippen molar-refractivity contribution in [3.63, 3.8) is 0 Å². The van der Waals surface area contributed by atoms with Crippen molar-refractivity contribution in [2.45, 2.75) is 11.9 Å². The van der Waals surface area contributed by atoms with E-state index in [0.717, 1.165) is 0 Å². The summed E-state index contributed by atoms with van der Waals surface area (Å²) in [5.74, 6) is -1.13. The van der Waals surface area contributed by atoms with Crippen molar-refractivity contribution < 1.29 is 17.9 Å². The van der Waals surface area contributed by atoms with Crippen LogP contribution in [-0.4, -0.2) is 26.4 Å². The van der Waals surface area contributed by atoms with Crippen LogP contribution in [0.5, 0.6) is 0 Å². The fourth-order valence-electron chi connectivity index (χ4n) is 1.98. The summed E-state index contributed by atoms with van der Waals surface area (Å²) in [5, 5.41) is 0.263. The van der Waals surface area contributed by atoms with Gasteiger partial charge < -0.3 is 4.74 Å². The van der Waals surface area contributed by atoms with E-state index in [-0.39, 0.29) is 10.9 Å². The molecule has 1 atom stereocenters. The van der Waals surface area contributed by atoms with Crippen LogP contribution in [0.3, 0.4) is 0 Å². The molecule has 0 saturated heterocycles. The Kier molecular flexibility index (Phi) is 5.70. The van der Waals surface area contributed by atoms with E-state index in [4.69, 9.17) is 16.3 Å². The van der Waals surface area contributed by atoms with Gasteiger partial charge in [0, 0.05) is 13.3 Å². The van der Waals surface area contributed by atoms with Crippen LogP contribution in [-0.2, 0) is 25.3 Å². The number of nitrogens with one attached hydrogen (secondary N) is 1. The lowest BCUT2D eigenvalue weighted by atomic mass is 10.1. The molecule has 1 unspecified atom stereocenters. The number of aromatic nitrogens is 1. The van der Waals surface area contributed by atoms with Crippen molar-refractivity contribution in [2.75, 3.05) is 7.11 Å². The van der Waals surface area contributed by atoms with Crippen LogP contribution in [0.1, 0.15) is 17.2 Å². The van der Waals surface area contributed by atoms with Crippen LogP contribution in [0, 0.1) is 0 Å². The SMILES string of the molecule is COC(C(=O)NS(=O)(=O)Cc1ccc(Cl)nc1)c1ccccc1. The first-order chi connectivity index (χ1) is 10.9.